The molecule has 1 nitrogen and oxygen atoms in total. The molecule has 80 valence electrons. The highest BCUT2D eigenvalue weighted by Gasteiger charge is 2.11. The predicted molar refractivity (Wildman–Crippen MR) is 65.1 cm³/mol. The van der Waals surface area contributed by atoms with Crippen LogP contribution in [0.3, 0.4) is 0 Å². The van der Waals surface area contributed by atoms with Crippen molar-refractivity contribution in [1.82, 2.24) is 5.32 Å². The van der Waals surface area contributed by atoms with Gasteiger partial charge in [-0.15, -0.1) is 12.4 Å². The van der Waals surface area contributed by atoms with E-state index in [0.717, 1.165) is 11.2 Å². The highest BCUT2D eigenvalue weighted by atomic mass is 79.9. The van der Waals surface area contributed by atoms with Crippen molar-refractivity contribution in [3.05, 3.63) is 0 Å². The lowest BCUT2D eigenvalue weighted by atomic mass is 9.89. The summed E-state index contributed by atoms with van der Waals surface area (Å²) in [5.41, 5.74) is 0. The van der Waals surface area contributed by atoms with E-state index in [-0.39, 0.29) is 12.4 Å². The van der Waals surface area contributed by atoms with Crippen molar-refractivity contribution in [3.8, 4) is 0 Å². The Labute approximate surface area is 96.6 Å². The topological polar surface area (TPSA) is 12.0 Å². The van der Waals surface area contributed by atoms with Gasteiger partial charge in [-0.1, -0.05) is 35.2 Å². The summed E-state index contributed by atoms with van der Waals surface area (Å²) in [7, 11) is 0. The van der Waals surface area contributed by atoms with Crippen LogP contribution in [0, 0.1) is 5.92 Å². The van der Waals surface area contributed by atoms with Gasteiger partial charge in [-0.3, -0.25) is 0 Å². The van der Waals surface area contributed by atoms with Crippen molar-refractivity contribution in [2.75, 3.05) is 18.4 Å². The maximum Gasteiger partial charge on any atom is 0.00433 e. The Morgan fingerprint density at radius 3 is 2.46 bits per heavy atom. The van der Waals surface area contributed by atoms with Crippen LogP contribution < -0.4 is 5.32 Å². The summed E-state index contributed by atoms with van der Waals surface area (Å²) in [6.07, 6.45) is 8.57. The van der Waals surface area contributed by atoms with Crippen LogP contribution in [0.1, 0.15) is 38.5 Å². The lowest BCUT2D eigenvalue weighted by Gasteiger charge is -2.21. The second kappa shape index (κ2) is 9.29. The Bertz CT molecular complexity index is 105. The zero-order valence-electron chi connectivity index (χ0n) is 8.23. The Kier molecular flexibility index (Phi) is 9.81. The molecule has 0 atom stereocenters. The van der Waals surface area contributed by atoms with Gasteiger partial charge < -0.3 is 5.32 Å². The van der Waals surface area contributed by atoms with Gasteiger partial charge in [0.2, 0.25) is 0 Å². The SMILES string of the molecule is BrCCCNCC1CCCCC1.Cl. The average molecular weight is 271 g/mol. The smallest absolute Gasteiger partial charge is 0.00433 e. The van der Waals surface area contributed by atoms with Crippen molar-refractivity contribution >= 4 is 28.3 Å². The summed E-state index contributed by atoms with van der Waals surface area (Å²) < 4.78 is 0. The third kappa shape index (κ3) is 6.75. The minimum absolute atomic E-state index is 0. The normalized spacial score (nSPS) is 18.2. The van der Waals surface area contributed by atoms with Gasteiger partial charge in [0.1, 0.15) is 0 Å². The molecule has 0 aromatic rings. The third-order valence-electron chi connectivity index (χ3n) is 2.64. The van der Waals surface area contributed by atoms with E-state index in [9.17, 15) is 0 Å². The maximum atomic E-state index is 3.53. The molecule has 1 aliphatic carbocycles. The van der Waals surface area contributed by atoms with Crippen LogP contribution >= 0.6 is 28.3 Å². The zero-order chi connectivity index (χ0) is 8.65. The molecular weight excluding hydrogens is 249 g/mol. The van der Waals surface area contributed by atoms with Crippen molar-refractivity contribution < 1.29 is 0 Å². The molecule has 0 aliphatic heterocycles. The number of nitrogens with one attached hydrogen (secondary N) is 1. The molecule has 3 heteroatoms. The third-order valence-corrected chi connectivity index (χ3v) is 3.21. The molecule has 1 aliphatic rings. The van der Waals surface area contributed by atoms with Gasteiger partial charge in [0.15, 0.2) is 0 Å². The minimum Gasteiger partial charge on any atom is -0.316 e. The zero-order valence-corrected chi connectivity index (χ0v) is 10.6. The fourth-order valence-corrected chi connectivity index (χ4v) is 2.17. The van der Waals surface area contributed by atoms with Crippen molar-refractivity contribution in [2.24, 2.45) is 5.92 Å². The van der Waals surface area contributed by atoms with Crippen LogP contribution in [0.2, 0.25) is 0 Å². The molecule has 0 radical (unpaired) electrons. The molecule has 1 fully saturated rings. The first-order valence-corrected chi connectivity index (χ1v) is 6.32. The van der Waals surface area contributed by atoms with Gasteiger partial charge in [-0.05, 0) is 38.3 Å². The van der Waals surface area contributed by atoms with E-state index < -0.39 is 0 Å². The van der Waals surface area contributed by atoms with E-state index in [0.29, 0.717) is 0 Å². The van der Waals surface area contributed by atoms with Crippen LogP contribution in [-0.4, -0.2) is 18.4 Å². The lowest BCUT2D eigenvalue weighted by Crippen LogP contribution is -2.25. The van der Waals surface area contributed by atoms with Crippen LogP contribution in [0.15, 0.2) is 0 Å². The molecule has 0 unspecified atom stereocenters. The Morgan fingerprint density at radius 1 is 1.15 bits per heavy atom. The first-order valence-electron chi connectivity index (χ1n) is 5.20. The van der Waals surface area contributed by atoms with E-state index in [2.05, 4.69) is 21.2 Å². The van der Waals surface area contributed by atoms with Crippen LogP contribution in [-0.2, 0) is 0 Å². The second-order valence-electron chi connectivity index (χ2n) is 3.75. The second-order valence-corrected chi connectivity index (χ2v) is 4.54. The van der Waals surface area contributed by atoms with Gasteiger partial charge in [0.05, 0.1) is 0 Å². The van der Waals surface area contributed by atoms with E-state index >= 15 is 0 Å². The van der Waals surface area contributed by atoms with Crippen LogP contribution in [0.25, 0.3) is 0 Å². The maximum absolute atomic E-state index is 3.53. The van der Waals surface area contributed by atoms with Crippen LogP contribution in [0.5, 0.6) is 0 Å². The molecule has 0 aromatic heterocycles. The van der Waals surface area contributed by atoms with E-state index in [4.69, 9.17) is 0 Å². The summed E-state index contributed by atoms with van der Waals surface area (Å²) in [5.74, 6) is 0.981. The Hall–Kier alpha value is 0.730. The molecule has 13 heavy (non-hydrogen) atoms. The van der Waals surface area contributed by atoms with E-state index in [1.54, 1.807) is 0 Å². The Morgan fingerprint density at radius 2 is 1.85 bits per heavy atom. The first-order chi connectivity index (χ1) is 5.93. The van der Waals surface area contributed by atoms with E-state index in [1.165, 1.54) is 51.6 Å². The fraction of sp³-hybridized carbons (Fsp3) is 1.00. The predicted octanol–water partition coefficient (Wildman–Crippen LogP) is 3.36. The van der Waals surface area contributed by atoms with Gasteiger partial charge in [-0.25, -0.2) is 0 Å². The number of alkyl halides is 1. The molecule has 0 spiro atoms. The molecule has 0 heterocycles. The van der Waals surface area contributed by atoms with Crippen LogP contribution in [0.4, 0.5) is 0 Å². The molecule has 0 amide bonds. The largest absolute Gasteiger partial charge is 0.316 e. The Balaban J connectivity index is 0.00000144. The molecule has 0 bridgehead atoms. The average Bonchev–Trinajstić information content (AvgIpc) is 2.14. The highest BCUT2D eigenvalue weighted by Crippen LogP contribution is 2.22. The molecule has 1 saturated carbocycles. The lowest BCUT2D eigenvalue weighted by molar-refractivity contribution is 0.343. The molecule has 0 aromatic carbocycles. The van der Waals surface area contributed by atoms with Gasteiger partial charge in [-0.2, -0.15) is 0 Å². The monoisotopic (exact) mass is 269 g/mol. The fourth-order valence-electron chi connectivity index (χ4n) is 1.89. The minimum atomic E-state index is 0. The first kappa shape index (κ1) is 13.7. The number of rotatable bonds is 5. The van der Waals surface area contributed by atoms with Gasteiger partial charge >= 0.3 is 0 Å². The number of hydrogen-bond donors (Lipinski definition) is 1. The molecule has 0 saturated heterocycles. The van der Waals surface area contributed by atoms with Crippen molar-refractivity contribution in [3.63, 3.8) is 0 Å². The summed E-state index contributed by atoms with van der Waals surface area (Å²) in [4.78, 5) is 0. The highest BCUT2D eigenvalue weighted by molar-refractivity contribution is 9.09. The van der Waals surface area contributed by atoms with Gasteiger partial charge in [0, 0.05) is 5.33 Å². The summed E-state index contributed by atoms with van der Waals surface area (Å²) in [6.45, 7) is 2.44. The van der Waals surface area contributed by atoms with Gasteiger partial charge in [0.25, 0.3) is 0 Å². The summed E-state index contributed by atoms with van der Waals surface area (Å²) in [6, 6.07) is 0. The van der Waals surface area contributed by atoms with Crippen molar-refractivity contribution in [2.45, 2.75) is 38.5 Å². The molecule has 1 rings (SSSR count). The summed E-state index contributed by atoms with van der Waals surface area (Å²) in [5, 5.41) is 4.66. The standard InChI is InChI=1S/C10H20BrN.ClH/c11-7-4-8-12-9-10-5-2-1-3-6-10;/h10,12H,1-9H2;1H. The van der Waals surface area contributed by atoms with Crippen molar-refractivity contribution in [1.29, 1.82) is 0 Å². The number of hydrogen-bond acceptors (Lipinski definition) is 1. The molecule has 1 N–H and O–H groups in total. The molecular formula is C10H21BrClN. The van der Waals surface area contributed by atoms with E-state index in [1.807, 2.05) is 0 Å². The number of halogens is 2. The summed E-state index contributed by atoms with van der Waals surface area (Å²) >= 11 is 3.44. The quantitative estimate of drug-likeness (QED) is 0.597.